The lowest BCUT2D eigenvalue weighted by Gasteiger charge is -2.17. The van der Waals surface area contributed by atoms with Crippen LogP contribution in [0.2, 0.25) is 0 Å². The monoisotopic (exact) mass is 324 g/mol. The molecule has 3 aliphatic rings. The number of benzene rings is 1. The summed E-state index contributed by atoms with van der Waals surface area (Å²) in [7, 11) is 0. The molecule has 1 aliphatic heterocycles. The fourth-order valence-electron chi connectivity index (χ4n) is 4.40. The number of para-hydroxylation sites is 1. The van der Waals surface area contributed by atoms with E-state index >= 15 is 0 Å². The van der Waals surface area contributed by atoms with Crippen molar-refractivity contribution >= 4 is 23.4 Å². The number of imide groups is 1. The van der Waals surface area contributed by atoms with Gasteiger partial charge in [-0.1, -0.05) is 37.3 Å². The topological polar surface area (TPSA) is 66.5 Å². The van der Waals surface area contributed by atoms with E-state index in [9.17, 15) is 14.4 Å². The van der Waals surface area contributed by atoms with Gasteiger partial charge in [-0.2, -0.15) is 0 Å². The molecule has 1 heterocycles. The molecule has 5 nitrogen and oxygen atoms in total. The van der Waals surface area contributed by atoms with Gasteiger partial charge in [0, 0.05) is 5.69 Å². The molecule has 2 aliphatic carbocycles. The zero-order valence-corrected chi connectivity index (χ0v) is 13.6. The molecule has 0 radical (unpaired) electrons. The average Bonchev–Trinajstić information content (AvgIpc) is 3.25. The third-order valence-electron chi connectivity index (χ3n) is 5.54. The van der Waals surface area contributed by atoms with Gasteiger partial charge in [0.25, 0.3) is 0 Å². The van der Waals surface area contributed by atoms with Crippen LogP contribution in [0.5, 0.6) is 0 Å². The molecule has 3 amide bonds. The molecule has 1 saturated heterocycles. The van der Waals surface area contributed by atoms with E-state index in [-0.39, 0.29) is 47.9 Å². The van der Waals surface area contributed by atoms with E-state index in [2.05, 4.69) is 17.5 Å². The molecule has 2 fully saturated rings. The van der Waals surface area contributed by atoms with Crippen molar-refractivity contribution in [3.63, 3.8) is 0 Å². The summed E-state index contributed by atoms with van der Waals surface area (Å²) >= 11 is 0. The highest BCUT2D eigenvalue weighted by molar-refractivity contribution is 6.09. The number of likely N-dealkylation sites (tertiary alicyclic amines) is 1. The second-order valence-corrected chi connectivity index (χ2v) is 6.82. The summed E-state index contributed by atoms with van der Waals surface area (Å²) in [4.78, 5) is 38.7. The van der Waals surface area contributed by atoms with Crippen LogP contribution in [0, 0.1) is 23.7 Å². The van der Waals surface area contributed by atoms with Crippen molar-refractivity contribution in [3.05, 3.63) is 42.0 Å². The van der Waals surface area contributed by atoms with Crippen LogP contribution in [-0.4, -0.2) is 29.2 Å². The van der Waals surface area contributed by atoms with Crippen LogP contribution in [0.3, 0.4) is 0 Å². The van der Waals surface area contributed by atoms with Crippen LogP contribution < -0.4 is 5.32 Å². The molecule has 1 aromatic carbocycles. The van der Waals surface area contributed by atoms with Gasteiger partial charge < -0.3 is 5.32 Å². The smallest absolute Gasteiger partial charge is 0.244 e. The van der Waals surface area contributed by atoms with Crippen molar-refractivity contribution in [1.82, 2.24) is 4.90 Å². The molecule has 4 rings (SSSR count). The highest BCUT2D eigenvalue weighted by Crippen LogP contribution is 2.52. The number of nitrogens with zero attached hydrogens (tertiary/aromatic N) is 1. The Morgan fingerprint density at radius 3 is 2.38 bits per heavy atom. The Kier molecular flexibility index (Phi) is 3.52. The first-order chi connectivity index (χ1) is 11.6. The van der Waals surface area contributed by atoms with Gasteiger partial charge in [0.05, 0.1) is 11.8 Å². The Balaban J connectivity index is 1.47. The second kappa shape index (κ2) is 5.58. The summed E-state index contributed by atoms with van der Waals surface area (Å²) in [6.07, 6.45) is 5.81. The van der Waals surface area contributed by atoms with Crippen LogP contribution >= 0.6 is 0 Å². The standard InChI is InChI=1S/C19H20N2O3/c1-2-11-5-3-4-6-14(11)20-15(22)10-21-18(23)16-12-7-8-13(9-12)17(16)19(21)24/h3-8,12-13,16-17H,2,9-10H2,1H3,(H,20,22)/t12-,13+,16-,17-/m1/s1. The van der Waals surface area contributed by atoms with E-state index in [1.165, 1.54) is 0 Å². The number of fused-ring (bicyclic) bond motifs is 5. The Labute approximate surface area is 140 Å². The SMILES string of the molecule is CCc1ccccc1NC(=O)CN1C(=O)[C@H]2[C@H](C1=O)[C@H]1C=C[C@@H]2C1. The van der Waals surface area contributed by atoms with Crippen molar-refractivity contribution in [3.8, 4) is 0 Å². The van der Waals surface area contributed by atoms with Crippen molar-refractivity contribution in [2.75, 3.05) is 11.9 Å². The number of amides is 3. The zero-order valence-electron chi connectivity index (χ0n) is 13.6. The molecule has 124 valence electrons. The lowest BCUT2D eigenvalue weighted by molar-refractivity contribution is -0.143. The lowest BCUT2D eigenvalue weighted by atomic mass is 9.85. The first-order valence-electron chi connectivity index (χ1n) is 8.51. The minimum atomic E-state index is -0.321. The van der Waals surface area contributed by atoms with E-state index in [4.69, 9.17) is 0 Å². The van der Waals surface area contributed by atoms with Crippen molar-refractivity contribution in [1.29, 1.82) is 0 Å². The number of nitrogens with one attached hydrogen (secondary N) is 1. The molecule has 0 unspecified atom stereocenters. The van der Waals surface area contributed by atoms with E-state index in [0.717, 1.165) is 29.0 Å². The number of hydrogen-bond donors (Lipinski definition) is 1. The third kappa shape index (κ3) is 2.19. The number of hydrogen-bond acceptors (Lipinski definition) is 3. The second-order valence-electron chi connectivity index (χ2n) is 6.82. The molecule has 24 heavy (non-hydrogen) atoms. The largest absolute Gasteiger partial charge is 0.324 e. The van der Waals surface area contributed by atoms with Gasteiger partial charge >= 0.3 is 0 Å². The number of carbonyl (C=O) groups excluding carboxylic acids is 3. The lowest BCUT2D eigenvalue weighted by Crippen LogP contribution is -2.39. The first kappa shape index (κ1) is 15.1. The molecule has 1 N–H and O–H groups in total. The number of carbonyl (C=O) groups is 3. The molecular weight excluding hydrogens is 304 g/mol. The van der Waals surface area contributed by atoms with Gasteiger partial charge in [-0.25, -0.2) is 0 Å². The summed E-state index contributed by atoms with van der Waals surface area (Å²) in [6.45, 7) is 1.82. The minimum Gasteiger partial charge on any atom is -0.324 e. The van der Waals surface area contributed by atoms with Gasteiger partial charge in [-0.3, -0.25) is 19.3 Å². The Bertz CT molecular complexity index is 725. The molecule has 0 aromatic heterocycles. The average molecular weight is 324 g/mol. The molecule has 5 heteroatoms. The summed E-state index contributed by atoms with van der Waals surface area (Å²) in [5.74, 6) is -0.832. The van der Waals surface area contributed by atoms with Gasteiger partial charge in [0.15, 0.2) is 0 Å². The maximum Gasteiger partial charge on any atom is 0.244 e. The summed E-state index contributed by atoms with van der Waals surface area (Å²) in [6, 6.07) is 7.57. The zero-order chi connectivity index (χ0) is 16.8. The molecule has 2 bridgehead atoms. The highest BCUT2D eigenvalue weighted by atomic mass is 16.2. The van der Waals surface area contributed by atoms with E-state index in [0.29, 0.717) is 0 Å². The molecule has 1 aromatic rings. The van der Waals surface area contributed by atoms with Crippen LogP contribution in [0.25, 0.3) is 0 Å². The van der Waals surface area contributed by atoms with Crippen molar-refractivity contribution in [2.24, 2.45) is 23.7 Å². The first-order valence-corrected chi connectivity index (χ1v) is 8.51. The predicted octanol–water partition coefficient (Wildman–Crippen LogP) is 1.99. The molecule has 1 saturated carbocycles. The summed E-state index contributed by atoms with van der Waals surface area (Å²) < 4.78 is 0. The van der Waals surface area contributed by atoms with Crippen LogP contribution in [0.15, 0.2) is 36.4 Å². The Morgan fingerprint density at radius 1 is 1.12 bits per heavy atom. The fourth-order valence-corrected chi connectivity index (χ4v) is 4.40. The van der Waals surface area contributed by atoms with Gasteiger partial charge in [-0.15, -0.1) is 0 Å². The fraction of sp³-hybridized carbons (Fsp3) is 0.421. The molecular formula is C19H20N2O3. The minimum absolute atomic E-state index is 0.172. The Morgan fingerprint density at radius 2 is 1.75 bits per heavy atom. The van der Waals surface area contributed by atoms with E-state index < -0.39 is 0 Å². The summed E-state index contributed by atoms with van der Waals surface area (Å²) in [5, 5.41) is 2.83. The molecule has 0 spiro atoms. The third-order valence-corrected chi connectivity index (χ3v) is 5.54. The number of allylic oxidation sites excluding steroid dienone is 2. The van der Waals surface area contributed by atoms with Crippen LogP contribution in [-0.2, 0) is 20.8 Å². The van der Waals surface area contributed by atoms with Gasteiger partial charge in [0.1, 0.15) is 6.54 Å². The maximum absolute atomic E-state index is 12.6. The number of anilines is 1. The maximum atomic E-state index is 12.6. The number of aryl methyl sites for hydroxylation is 1. The van der Waals surface area contributed by atoms with Crippen molar-refractivity contribution < 1.29 is 14.4 Å². The van der Waals surface area contributed by atoms with Crippen LogP contribution in [0.4, 0.5) is 5.69 Å². The quantitative estimate of drug-likeness (QED) is 0.680. The normalized spacial score (nSPS) is 30.1. The van der Waals surface area contributed by atoms with Crippen LogP contribution in [0.1, 0.15) is 18.9 Å². The van der Waals surface area contributed by atoms with E-state index in [1.54, 1.807) is 0 Å². The van der Waals surface area contributed by atoms with E-state index in [1.807, 2.05) is 31.2 Å². The number of rotatable bonds is 4. The van der Waals surface area contributed by atoms with Crippen molar-refractivity contribution in [2.45, 2.75) is 19.8 Å². The Hall–Kier alpha value is -2.43. The summed E-state index contributed by atoms with van der Waals surface area (Å²) in [5.41, 5.74) is 1.77. The predicted molar refractivity (Wildman–Crippen MR) is 88.9 cm³/mol. The van der Waals surface area contributed by atoms with Gasteiger partial charge in [-0.05, 0) is 36.3 Å². The van der Waals surface area contributed by atoms with Gasteiger partial charge in [0.2, 0.25) is 17.7 Å². The highest BCUT2D eigenvalue weighted by Gasteiger charge is 2.59. The molecule has 4 atom stereocenters.